The molecule has 82 valence electrons. The van der Waals surface area contributed by atoms with Gasteiger partial charge in [0.2, 0.25) is 0 Å². The van der Waals surface area contributed by atoms with E-state index in [4.69, 9.17) is 11.6 Å². The van der Waals surface area contributed by atoms with Gasteiger partial charge in [0, 0.05) is 5.38 Å². The molecule has 1 unspecified atom stereocenters. The van der Waals surface area contributed by atoms with Gasteiger partial charge in [-0.05, 0) is 50.2 Å². The van der Waals surface area contributed by atoms with E-state index in [0.29, 0.717) is 5.38 Å². The molecule has 1 aromatic rings. The van der Waals surface area contributed by atoms with Crippen molar-refractivity contribution in [2.45, 2.75) is 44.9 Å². The van der Waals surface area contributed by atoms with E-state index >= 15 is 0 Å². The average molecular weight is 223 g/mol. The van der Waals surface area contributed by atoms with E-state index in [9.17, 15) is 0 Å². The van der Waals surface area contributed by atoms with E-state index in [-0.39, 0.29) is 0 Å². The highest BCUT2D eigenvalue weighted by Crippen LogP contribution is 2.34. The summed E-state index contributed by atoms with van der Waals surface area (Å²) in [5, 5.41) is 0.347. The molecule has 1 fully saturated rings. The first kappa shape index (κ1) is 11.0. The number of halogens is 1. The Labute approximate surface area is 97.6 Å². The van der Waals surface area contributed by atoms with E-state index in [0.717, 1.165) is 12.3 Å². The van der Waals surface area contributed by atoms with Crippen molar-refractivity contribution in [3.8, 4) is 0 Å². The van der Waals surface area contributed by atoms with Crippen molar-refractivity contribution >= 4 is 11.6 Å². The van der Waals surface area contributed by atoms with Gasteiger partial charge >= 0.3 is 0 Å². The minimum absolute atomic E-state index is 0.347. The lowest BCUT2D eigenvalue weighted by atomic mass is 9.80. The molecule has 0 aromatic heterocycles. The van der Waals surface area contributed by atoms with Crippen molar-refractivity contribution < 1.29 is 0 Å². The molecule has 1 aliphatic rings. The van der Waals surface area contributed by atoms with Gasteiger partial charge in [0.1, 0.15) is 0 Å². The fourth-order valence-electron chi connectivity index (χ4n) is 2.20. The lowest BCUT2D eigenvalue weighted by molar-refractivity contribution is 0.301. The summed E-state index contributed by atoms with van der Waals surface area (Å²) in [6, 6.07) is 6.66. The fourth-order valence-corrected chi connectivity index (χ4v) is 2.62. The van der Waals surface area contributed by atoms with Crippen molar-refractivity contribution in [2.75, 3.05) is 0 Å². The number of alkyl halides is 1. The van der Waals surface area contributed by atoms with Crippen molar-refractivity contribution in [1.29, 1.82) is 0 Å². The van der Waals surface area contributed by atoms with Crippen LogP contribution >= 0.6 is 11.6 Å². The zero-order valence-electron chi connectivity index (χ0n) is 9.59. The lowest BCUT2D eigenvalue weighted by Gasteiger charge is -2.30. The minimum Gasteiger partial charge on any atom is -0.122 e. The molecule has 0 radical (unpaired) electrons. The zero-order valence-corrected chi connectivity index (χ0v) is 10.3. The highest BCUT2D eigenvalue weighted by atomic mass is 35.5. The Balaban J connectivity index is 2.05. The highest BCUT2D eigenvalue weighted by molar-refractivity contribution is 6.21. The molecule has 0 N–H and O–H groups in total. The summed E-state index contributed by atoms with van der Waals surface area (Å²) in [7, 11) is 0. The van der Waals surface area contributed by atoms with E-state index in [1.165, 1.54) is 36.0 Å². The first-order valence-electron chi connectivity index (χ1n) is 5.87. The molecule has 0 nitrogen and oxygen atoms in total. The molecule has 1 atom stereocenters. The van der Waals surface area contributed by atoms with Gasteiger partial charge < -0.3 is 0 Å². The smallest absolute Gasteiger partial charge is 0.0404 e. The molecule has 0 spiro atoms. The molecule has 1 aliphatic carbocycles. The maximum Gasteiger partial charge on any atom is 0.0404 e. The number of hydrogen-bond donors (Lipinski definition) is 0. The van der Waals surface area contributed by atoms with Crippen LogP contribution in [0.5, 0.6) is 0 Å². The Bertz CT molecular complexity index is 339. The summed E-state index contributed by atoms with van der Waals surface area (Å²) in [5.41, 5.74) is 4.15. The quantitative estimate of drug-likeness (QED) is 0.671. The van der Waals surface area contributed by atoms with Crippen LogP contribution in [0, 0.1) is 19.8 Å². The molecule has 1 saturated carbocycles. The molecule has 2 rings (SSSR count). The molecule has 0 aliphatic heterocycles. The van der Waals surface area contributed by atoms with Crippen LogP contribution in [-0.4, -0.2) is 5.38 Å². The van der Waals surface area contributed by atoms with E-state index in [2.05, 4.69) is 32.0 Å². The summed E-state index contributed by atoms with van der Waals surface area (Å²) in [4.78, 5) is 0. The molecular formula is C14H19Cl. The topological polar surface area (TPSA) is 0 Å². The van der Waals surface area contributed by atoms with Crippen LogP contribution in [0.3, 0.4) is 0 Å². The number of rotatable bonds is 3. The third-order valence-corrected chi connectivity index (χ3v) is 4.09. The third-order valence-electron chi connectivity index (χ3n) is 3.58. The Hall–Kier alpha value is -0.490. The van der Waals surface area contributed by atoms with Crippen LogP contribution in [-0.2, 0) is 6.42 Å². The van der Waals surface area contributed by atoms with Crippen LogP contribution < -0.4 is 0 Å². The van der Waals surface area contributed by atoms with Crippen LogP contribution in [0.15, 0.2) is 18.2 Å². The first-order valence-corrected chi connectivity index (χ1v) is 6.30. The fraction of sp³-hybridized carbons (Fsp3) is 0.571. The van der Waals surface area contributed by atoms with E-state index in [1.54, 1.807) is 0 Å². The normalized spacial score (nSPS) is 18.6. The maximum atomic E-state index is 6.44. The second-order valence-corrected chi connectivity index (χ2v) is 5.40. The van der Waals surface area contributed by atoms with Gasteiger partial charge in [-0.1, -0.05) is 30.2 Å². The first-order chi connectivity index (χ1) is 7.16. The van der Waals surface area contributed by atoms with Crippen molar-refractivity contribution in [2.24, 2.45) is 5.92 Å². The van der Waals surface area contributed by atoms with Crippen LogP contribution in [0.4, 0.5) is 0 Å². The second kappa shape index (κ2) is 4.57. The summed E-state index contributed by atoms with van der Waals surface area (Å²) in [5.74, 6) is 0.770. The van der Waals surface area contributed by atoms with E-state index < -0.39 is 0 Å². The molecule has 0 bridgehead atoms. The van der Waals surface area contributed by atoms with Gasteiger partial charge in [0.05, 0.1) is 0 Å². The number of aryl methyl sites for hydroxylation is 2. The van der Waals surface area contributed by atoms with Crippen LogP contribution in [0.1, 0.15) is 36.0 Å². The monoisotopic (exact) mass is 222 g/mol. The summed E-state index contributed by atoms with van der Waals surface area (Å²) in [6.45, 7) is 4.33. The minimum atomic E-state index is 0.347. The Kier molecular flexibility index (Phi) is 3.35. The van der Waals surface area contributed by atoms with Gasteiger partial charge in [0.25, 0.3) is 0 Å². The van der Waals surface area contributed by atoms with Crippen LogP contribution in [0.25, 0.3) is 0 Å². The van der Waals surface area contributed by atoms with Crippen molar-refractivity contribution in [1.82, 2.24) is 0 Å². The van der Waals surface area contributed by atoms with Crippen molar-refractivity contribution in [3.05, 3.63) is 34.9 Å². The third kappa shape index (κ3) is 2.55. The predicted molar refractivity (Wildman–Crippen MR) is 66.6 cm³/mol. The highest BCUT2D eigenvalue weighted by Gasteiger charge is 2.25. The Morgan fingerprint density at radius 3 is 2.67 bits per heavy atom. The van der Waals surface area contributed by atoms with Crippen LogP contribution in [0.2, 0.25) is 0 Å². The predicted octanol–water partition coefficient (Wildman–Crippen LogP) is 4.25. The molecule has 1 aromatic carbocycles. The SMILES string of the molecule is Cc1ccc(C)c(CC(Cl)C2CCC2)c1. The maximum absolute atomic E-state index is 6.44. The second-order valence-electron chi connectivity index (χ2n) is 4.84. The summed E-state index contributed by atoms with van der Waals surface area (Å²) < 4.78 is 0. The largest absolute Gasteiger partial charge is 0.122 e. The van der Waals surface area contributed by atoms with Gasteiger partial charge in [-0.15, -0.1) is 11.6 Å². The van der Waals surface area contributed by atoms with Gasteiger partial charge in [-0.25, -0.2) is 0 Å². The van der Waals surface area contributed by atoms with Gasteiger partial charge in [0.15, 0.2) is 0 Å². The molecule has 0 amide bonds. The lowest BCUT2D eigenvalue weighted by Crippen LogP contribution is -2.24. The Morgan fingerprint density at radius 1 is 1.33 bits per heavy atom. The Morgan fingerprint density at radius 2 is 2.07 bits per heavy atom. The summed E-state index contributed by atoms with van der Waals surface area (Å²) >= 11 is 6.44. The summed E-state index contributed by atoms with van der Waals surface area (Å²) in [6.07, 6.45) is 5.08. The van der Waals surface area contributed by atoms with Gasteiger partial charge in [-0.3, -0.25) is 0 Å². The molecular weight excluding hydrogens is 204 g/mol. The van der Waals surface area contributed by atoms with Gasteiger partial charge in [-0.2, -0.15) is 0 Å². The standard InChI is InChI=1S/C14H19Cl/c1-10-6-7-11(2)13(8-10)9-14(15)12-4-3-5-12/h6-8,12,14H,3-5,9H2,1-2H3. The molecule has 15 heavy (non-hydrogen) atoms. The molecule has 0 saturated heterocycles. The number of benzene rings is 1. The molecule has 1 heteroatoms. The number of hydrogen-bond acceptors (Lipinski definition) is 0. The van der Waals surface area contributed by atoms with E-state index in [1.807, 2.05) is 0 Å². The van der Waals surface area contributed by atoms with Crippen molar-refractivity contribution in [3.63, 3.8) is 0 Å². The zero-order chi connectivity index (χ0) is 10.8. The average Bonchev–Trinajstić information content (AvgIpc) is 2.08. The molecule has 0 heterocycles.